The third-order valence-electron chi connectivity index (χ3n) is 6.19. The highest BCUT2D eigenvalue weighted by molar-refractivity contribution is 5.94. The van der Waals surface area contributed by atoms with Crippen LogP contribution in [0.5, 0.6) is 0 Å². The second-order valence-electron chi connectivity index (χ2n) is 8.56. The number of amides is 1. The summed E-state index contributed by atoms with van der Waals surface area (Å²) in [5.41, 5.74) is 1.89. The Hall–Kier alpha value is -3.73. The zero-order valence-corrected chi connectivity index (χ0v) is 19.9. The maximum absolute atomic E-state index is 13.6. The Labute approximate surface area is 200 Å². The standard InChI is InChI=1S/C29H31N3O2/c1-3-4-5-14-21-31(28(33)23-15-8-6-9-16-23)22(2)27-30-26-20-13-12-19-25(26)29(34)32(27)24-17-10-7-11-18-24/h6-13,15-20,22H,3-5,14,21H2,1-2H3. The number of benzene rings is 3. The molecule has 0 fully saturated rings. The smallest absolute Gasteiger partial charge is 0.266 e. The van der Waals surface area contributed by atoms with Gasteiger partial charge >= 0.3 is 0 Å². The molecular weight excluding hydrogens is 422 g/mol. The first-order chi connectivity index (χ1) is 16.6. The van der Waals surface area contributed by atoms with E-state index in [9.17, 15) is 9.59 Å². The quantitative estimate of drug-likeness (QED) is 0.285. The minimum absolute atomic E-state index is 0.0494. The van der Waals surface area contributed by atoms with Crippen molar-refractivity contribution in [1.29, 1.82) is 0 Å². The largest absolute Gasteiger partial charge is 0.329 e. The first-order valence-electron chi connectivity index (χ1n) is 12.0. The van der Waals surface area contributed by atoms with Crippen LogP contribution in [0.1, 0.15) is 61.8 Å². The van der Waals surface area contributed by atoms with Gasteiger partial charge in [0.1, 0.15) is 5.82 Å². The van der Waals surface area contributed by atoms with E-state index in [1.807, 2.05) is 90.7 Å². The summed E-state index contributed by atoms with van der Waals surface area (Å²) in [6, 6.07) is 25.9. The van der Waals surface area contributed by atoms with E-state index >= 15 is 0 Å². The van der Waals surface area contributed by atoms with Crippen molar-refractivity contribution < 1.29 is 4.79 Å². The first kappa shape index (κ1) is 23.4. The van der Waals surface area contributed by atoms with Crippen LogP contribution < -0.4 is 5.56 Å². The minimum atomic E-state index is -0.396. The number of nitrogens with zero attached hydrogens (tertiary/aromatic N) is 3. The lowest BCUT2D eigenvalue weighted by atomic mass is 10.1. The van der Waals surface area contributed by atoms with Gasteiger partial charge in [0.25, 0.3) is 11.5 Å². The monoisotopic (exact) mass is 453 g/mol. The maximum Gasteiger partial charge on any atom is 0.266 e. The summed E-state index contributed by atoms with van der Waals surface area (Å²) in [6.45, 7) is 4.75. The van der Waals surface area contributed by atoms with Crippen molar-refractivity contribution >= 4 is 16.8 Å². The number of rotatable bonds is 9. The molecule has 0 radical (unpaired) electrons. The molecule has 0 aliphatic carbocycles. The Morgan fingerprint density at radius 3 is 2.24 bits per heavy atom. The number of fused-ring (bicyclic) bond motifs is 1. The number of unbranched alkanes of at least 4 members (excludes halogenated alkanes) is 3. The number of carbonyl (C=O) groups excluding carboxylic acids is 1. The summed E-state index contributed by atoms with van der Waals surface area (Å²) in [5, 5.41) is 0.561. The highest BCUT2D eigenvalue weighted by Gasteiger charge is 2.27. The summed E-state index contributed by atoms with van der Waals surface area (Å²) in [6.07, 6.45) is 4.21. The summed E-state index contributed by atoms with van der Waals surface area (Å²) < 4.78 is 1.66. The van der Waals surface area contributed by atoms with Gasteiger partial charge in [-0.05, 0) is 49.7 Å². The van der Waals surface area contributed by atoms with Crippen LogP contribution >= 0.6 is 0 Å². The second-order valence-corrected chi connectivity index (χ2v) is 8.56. The highest BCUT2D eigenvalue weighted by Crippen LogP contribution is 2.25. The molecule has 1 unspecified atom stereocenters. The number of hydrogen-bond acceptors (Lipinski definition) is 3. The molecule has 34 heavy (non-hydrogen) atoms. The van der Waals surface area contributed by atoms with E-state index < -0.39 is 6.04 Å². The predicted octanol–water partition coefficient (Wildman–Crippen LogP) is 6.17. The molecule has 0 spiro atoms. The molecule has 0 aliphatic rings. The normalized spacial score (nSPS) is 11.9. The van der Waals surface area contributed by atoms with Gasteiger partial charge in [0.05, 0.1) is 22.6 Å². The van der Waals surface area contributed by atoms with E-state index in [1.54, 1.807) is 10.6 Å². The molecule has 0 aliphatic heterocycles. The SMILES string of the molecule is CCCCCCN(C(=O)c1ccccc1)C(C)c1nc2ccccc2c(=O)n1-c1ccccc1. The topological polar surface area (TPSA) is 55.2 Å². The summed E-state index contributed by atoms with van der Waals surface area (Å²) in [7, 11) is 0. The summed E-state index contributed by atoms with van der Waals surface area (Å²) in [4.78, 5) is 34.1. The molecule has 3 aromatic carbocycles. The molecule has 174 valence electrons. The number of para-hydroxylation sites is 2. The van der Waals surface area contributed by atoms with E-state index in [2.05, 4.69) is 6.92 Å². The van der Waals surface area contributed by atoms with Crippen molar-refractivity contribution in [2.24, 2.45) is 0 Å². The third kappa shape index (κ3) is 4.93. The molecule has 0 bridgehead atoms. The molecule has 5 heteroatoms. The number of aromatic nitrogens is 2. The van der Waals surface area contributed by atoms with Gasteiger partial charge in [-0.2, -0.15) is 0 Å². The second kappa shape index (κ2) is 10.9. The molecule has 0 N–H and O–H groups in total. The van der Waals surface area contributed by atoms with Gasteiger partial charge in [-0.1, -0.05) is 74.7 Å². The third-order valence-corrected chi connectivity index (χ3v) is 6.19. The Morgan fingerprint density at radius 1 is 0.882 bits per heavy atom. The lowest BCUT2D eigenvalue weighted by molar-refractivity contribution is 0.0677. The average Bonchev–Trinajstić information content (AvgIpc) is 2.89. The summed E-state index contributed by atoms with van der Waals surface area (Å²) >= 11 is 0. The molecule has 1 heterocycles. The maximum atomic E-state index is 13.6. The van der Waals surface area contributed by atoms with E-state index in [0.717, 1.165) is 31.4 Å². The fourth-order valence-corrected chi connectivity index (χ4v) is 4.32. The zero-order valence-electron chi connectivity index (χ0n) is 19.9. The molecule has 1 amide bonds. The van der Waals surface area contributed by atoms with Gasteiger partial charge in [0.15, 0.2) is 0 Å². The van der Waals surface area contributed by atoms with Crippen molar-refractivity contribution in [3.8, 4) is 5.69 Å². The molecular formula is C29H31N3O2. The Morgan fingerprint density at radius 2 is 1.53 bits per heavy atom. The summed E-state index contributed by atoms with van der Waals surface area (Å²) in [5.74, 6) is 0.515. The van der Waals surface area contributed by atoms with Crippen LogP contribution in [-0.4, -0.2) is 26.9 Å². The highest BCUT2D eigenvalue weighted by atomic mass is 16.2. The van der Waals surface area contributed by atoms with Gasteiger partial charge in [0, 0.05) is 12.1 Å². The van der Waals surface area contributed by atoms with Gasteiger partial charge in [-0.25, -0.2) is 4.98 Å². The fraction of sp³-hybridized carbons (Fsp3) is 0.276. The Bertz CT molecular complexity index is 1300. The van der Waals surface area contributed by atoms with Crippen LogP contribution in [0.4, 0.5) is 0 Å². The minimum Gasteiger partial charge on any atom is -0.329 e. The predicted molar refractivity (Wildman–Crippen MR) is 137 cm³/mol. The van der Waals surface area contributed by atoms with Crippen LogP contribution in [0.3, 0.4) is 0 Å². The van der Waals surface area contributed by atoms with E-state index in [0.29, 0.717) is 28.8 Å². The average molecular weight is 454 g/mol. The fourth-order valence-electron chi connectivity index (χ4n) is 4.32. The van der Waals surface area contributed by atoms with Crippen LogP contribution in [0.25, 0.3) is 16.6 Å². The Balaban J connectivity index is 1.83. The van der Waals surface area contributed by atoms with Gasteiger partial charge in [-0.15, -0.1) is 0 Å². The molecule has 0 saturated heterocycles. The van der Waals surface area contributed by atoms with Crippen molar-refractivity contribution in [2.75, 3.05) is 6.54 Å². The van der Waals surface area contributed by atoms with Crippen LogP contribution in [0.15, 0.2) is 89.7 Å². The molecule has 1 aromatic heterocycles. The van der Waals surface area contributed by atoms with Crippen molar-refractivity contribution in [1.82, 2.24) is 14.5 Å². The van der Waals surface area contributed by atoms with Crippen LogP contribution in [-0.2, 0) is 0 Å². The lowest BCUT2D eigenvalue weighted by Crippen LogP contribution is -2.38. The number of carbonyl (C=O) groups is 1. The first-order valence-corrected chi connectivity index (χ1v) is 12.0. The van der Waals surface area contributed by atoms with Gasteiger partial charge < -0.3 is 4.90 Å². The van der Waals surface area contributed by atoms with Crippen molar-refractivity contribution in [3.63, 3.8) is 0 Å². The number of hydrogen-bond donors (Lipinski definition) is 0. The molecule has 1 atom stereocenters. The Kier molecular flexibility index (Phi) is 7.53. The molecule has 4 rings (SSSR count). The molecule has 4 aromatic rings. The van der Waals surface area contributed by atoms with E-state index in [-0.39, 0.29) is 11.5 Å². The van der Waals surface area contributed by atoms with Crippen molar-refractivity contribution in [3.05, 3.63) is 107 Å². The zero-order chi connectivity index (χ0) is 23.9. The van der Waals surface area contributed by atoms with Crippen molar-refractivity contribution in [2.45, 2.75) is 45.6 Å². The van der Waals surface area contributed by atoms with E-state index in [1.165, 1.54) is 0 Å². The van der Waals surface area contributed by atoms with Crippen LogP contribution in [0, 0.1) is 0 Å². The van der Waals surface area contributed by atoms with Gasteiger partial charge in [-0.3, -0.25) is 14.2 Å². The molecule has 5 nitrogen and oxygen atoms in total. The molecule has 0 saturated carbocycles. The van der Waals surface area contributed by atoms with Crippen LogP contribution in [0.2, 0.25) is 0 Å². The van der Waals surface area contributed by atoms with E-state index in [4.69, 9.17) is 4.98 Å². The lowest BCUT2D eigenvalue weighted by Gasteiger charge is -2.31. The van der Waals surface area contributed by atoms with Gasteiger partial charge in [0.2, 0.25) is 0 Å².